The standard InChI is InChI=1S/C23H32FN3O3/c1-29-10-11-30-22(28)27-17-3-4-18(27)14-19(13-17)26-8-6-23(7-9-26)15-25-21-5-2-16(24)12-20(21)23/h2,5,12,17-19,25H,3-4,6-11,13-15H2,1H3. The summed E-state index contributed by atoms with van der Waals surface area (Å²) in [4.78, 5) is 17.2. The fraction of sp³-hybridized carbons (Fsp3) is 0.696. The van der Waals surface area contributed by atoms with Crippen molar-refractivity contribution >= 4 is 11.8 Å². The number of carbonyl (C=O) groups excluding carboxylic acids is 1. The summed E-state index contributed by atoms with van der Waals surface area (Å²) in [6, 6.07) is 6.28. The second kappa shape index (κ2) is 8.00. The monoisotopic (exact) mass is 417 g/mol. The van der Waals surface area contributed by atoms with Crippen LogP contribution in [-0.4, -0.2) is 74.0 Å². The van der Waals surface area contributed by atoms with Gasteiger partial charge in [0.05, 0.1) is 6.61 Å². The van der Waals surface area contributed by atoms with Crippen LogP contribution >= 0.6 is 0 Å². The summed E-state index contributed by atoms with van der Waals surface area (Å²) in [5.74, 6) is -0.138. The highest BCUT2D eigenvalue weighted by molar-refractivity contribution is 5.69. The number of anilines is 1. The summed E-state index contributed by atoms with van der Waals surface area (Å²) in [7, 11) is 1.61. The Morgan fingerprint density at radius 1 is 1.17 bits per heavy atom. The molecule has 164 valence electrons. The Labute approximate surface area is 177 Å². The third-order valence-electron chi connectivity index (χ3n) is 7.87. The molecule has 0 saturated carbocycles. The van der Waals surface area contributed by atoms with Crippen LogP contribution in [0.5, 0.6) is 0 Å². The van der Waals surface area contributed by atoms with E-state index >= 15 is 0 Å². The average Bonchev–Trinajstić information content (AvgIpc) is 3.23. The van der Waals surface area contributed by atoms with Crippen molar-refractivity contribution < 1.29 is 18.7 Å². The molecule has 3 saturated heterocycles. The van der Waals surface area contributed by atoms with Crippen LogP contribution in [-0.2, 0) is 14.9 Å². The minimum atomic E-state index is -0.175. The van der Waals surface area contributed by atoms with Crippen LogP contribution in [0.1, 0.15) is 44.1 Å². The Hall–Kier alpha value is -1.86. The van der Waals surface area contributed by atoms with Crippen molar-refractivity contribution in [2.24, 2.45) is 0 Å². The maximum Gasteiger partial charge on any atom is 0.410 e. The van der Waals surface area contributed by atoms with Crippen LogP contribution in [0.4, 0.5) is 14.9 Å². The fourth-order valence-corrected chi connectivity index (χ4v) is 6.26. The molecule has 4 aliphatic rings. The van der Waals surface area contributed by atoms with Crippen molar-refractivity contribution in [1.82, 2.24) is 9.80 Å². The second-order valence-corrected chi connectivity index (χ2v) is 9.38. The molecule has 5 rings (SSSR count). The maximum absolute atomic E-state index is 13.9. The lowest BCUT2D eigenvalue weighted by atomic mass is 9.73. The summed E-state index contributed by atoms with van der Waals surface area (Å²) >= 11 is 0. The number of rotatable bonds is 4. The van der Waals surface area contributed by atoms with Gasteiger partial charge in [0.2, 0.25) is 0 Å². The highest BCUT2D eigenvalue weighted by Gasteiger charge is 2.48. The Bertz CT molecular complexity index is 782. The lowest BCUT2D eigenvalue weighted by molar-refractivity contribution is 0.0198. The first-order valence-corrected chi connectivity index (χ1v) is 11.3. The molecule has 1 N–H and O–H groups in total. The van der Waals surface area contributed by atoms with Crippen LogP contribution in [0.3, 0.4) is 0 Å². The van der Waals surface area contributed by atoms with Gasteiger partial charge in [0.15, 0.2) is 0 Å². The van der Waals surface area contributed by atoms with Gasteiger partial charge in [-0.15, -0.1) is 0 Å². The van der Waals surface area contributed by atoms with Crippen LogP contribution in [0.25, 0.3) is 0 Å². The number of halogens is 1. The van der Waals surface area contributed by atoms with Crippen molar-refractivity contribution in [2.45, 2.75) is 62.1 Å². The molecule has 4 aliphatic heterocycles. The number of hydrogen-bond acceptors (Lipinski definition) is 5. The molecule has 0 aromatic heterocycles. The van der Waals surface area contributed by atoms with E-state index in [1.54, 1.807) is 19.2 Å². The van der Waals surface area contributed by atoms with Crippen molar-refractivity contribution in [3.05, 3.63) is 29.6 Å². The van der Waals surface area contributed by atoms with Gasteiger partial charge < -0.3 is 24.6 Å². The third-order valence-corrected chi connectivity index (χ3v) is 7.87. The van der Waals surface area contributed by atoms with Gasteiger partial charge in [-0.25, -0.2) is 9.18 Å². The van der Waals surface area contributed by atoms with Gasteiger partial charge in [0.1, 0.15) is 12.4 Å². The zero-order valence-corrected chi connectivity index (χ0v) is 17.7. The Morgan fingerprint density at radius 3 is 2.60 bits per heavy atom. The quantitative estimate of drug-likeness (QED) is 0.762. The van der Waals surface area contributed by atoms with E-state index in [4.69, 9.17) is 9.47 Å². The largest absolute Gasteiger partial charge is 0.447 e. The number of nitrogens with one attached hydrogen (secondary N) is 1. The van der Waals surface area contributed by atoms with Gasteiger partial charge in [-0.05, 0) is 75.4 Å². The number of ether oxygens (including phenoxy) is 2. The van der Waals surface area contributed by atoms with Gasteiger partial charge in [0.25, 0.3) is 0 Å². The normalized spacial score (nSPS) is 29.7. The molecule has 6 nitrogen and oxygen atoms in total. The Morgan fingerprint density at radius 2 is 1.90 bits per heavy atom. The van der Waals surface area contributed by atoms with E-state index in [1.807, 2.05) is 11.0 Å². The molecule has 4 heterocycles. The number of methoxy groups -OCH3 is 1. The highest BCUT2D eigenvalue weighted by atomic mass is 19.1. The van der Waals surface area contributed by atoms with E-state index in [-0.39, 0.29) is 17.3 Å². The number of nitrogens with zero attached hydrogens (tertiary/aromatic N) is 2. The molecule has 1 aromatic carbocycles. The van der Waals surface area contributed by atoms with Gasteiger partial charge in [-0.3, -0.25) is 0 Å². The summed E-state index contributed by atoms with van der Waals surface area (Å²) < 4.78 is 24.3. The van der Waals surface area contributed by atoms with E-state index in [0.717, 1.165) is 69.4 Å². The van der Waals surface area contributed by atoms with Crippen molar-refractivity contribution in [1.29, 1.82) is 0 Å². The molecule has 1 aromatic rings. The summed E-state index contributed by atoms with van der Waals surface area (Å²) in [5, 5.41) is 3.49. The third kappa shape index (κ3) is 3.46. The average molecular weight is 418 g/mol. The molecular formula is C23H32FN3O3. The SMILES string of the molecule is COCCOC(=O)N1C2CCC1CC(N1CCC3(CC1)CNc1ccc(F)cc13)C2. The summed E-state index contributed by atoms with van der Waals surface area (Å²) in [6.45, 7) is 3.75. The van der Waals surface area contributed by atoms with Gasteiger partial charge >= 0.3 is 6.09 Å². The molecule has 0 aliphatic carbocycles. The predicted octanol–water partition coefficient (Wildman–Crippen LogP) is 3.36. The molecule has 1 spiro atoms. The van der Waals surface area contributed by atoms with E-state index in [1.165, 1.54) is 0 Å². The first-order valence-electron chi connectivity index (χ1n) is 11.3. The first-order chi connectivity index (χ1) is 14.6. The second-order valence-electron chi connectivity index (χ2n) is 9.38. The van der Waals surface area contributed by atoms with Crippen LogP contribution in [0, 0.1) is 5.82 Å². The number of amides is 1. The molecule has 2 atom stereocenters. The van der Waals surface area contributed by atoms with Crippen molar-refractivity contribution in [3.63, 3.8) is 0 Å². The smallest absolute Gasteiger partial charge is 0.410 e. The minimum Gasteiger partial charge on any atom is -0.447 e. The Balaban J connectivity index is 1.20. The van der Waals surface area contributed by atoms with Crippen molar-refractivity contribution in [2.75, 3.05) is 45.3 Å². The van der Waals surface area contributed by atoms with Gasteiger partial charge in [-0.2, -0.15) is 0 Å². The molecule has 1 amide bonds. The van der Waals surface area contributed by atoms with Gasteiger partial charge in [-0.1, -0.05) is 0 Å². The van der Waals surface area contributed by atoms with Crippen LogP contribution in [0.15, 0.2) is 18.2 Å². The van der Waals surface area contributed by atoms with E-state index in [0.29, 0.717) is 31.3 Å². The first kappa shape index (κ1) is 20.1. The van der Waals surface area contributed by atoms with Crippen molar-refractivity contribution in [3.8, 4) is 0 Å². The minimum absolute atomic E-state index is 0.0682. The lowest BCUT2D eigenvalue weighted by Gasteiger charge is -2.47. The van der Waals surface area contributed by atoms with E-state index in [2.05, 4.69) is 10.2 Å². The molecular weight excluding hydrogens is 385 g/mol. The molecule has 7 heteroatoms. The lowest BCUT2D eigenvalue weighted by Crippen LogP contribution is -2.55. The molecule has 2 unspecified atom stereocenters. The van der Waals surface area contributed by atoms with Gasteiger partial charge in [0, 0.05) is 42.9 Å². The number of fused-ring (bicyclic) bond motifs is 4. The summed E-state index contributed by atoms with van der Waals surface area (Å²) in [6.07, 6.45) is 6.17. The maximum atomic E-state index is 13.9. The molecule has 30 heavy (non-hydrogen) atoms. The number of likely N-dealkylation sites (tertiary alicyclic amines) is 1. The topological polar surface area (TPSA) is 54.0 Å². The number of benzene rings is 1. The highest BCUT2D eigenvalue weighted by Crippen LogP contribution is 2.46. The number of piperidine rings is 2. The van der Waals surface area contributed by atoms with E-state index in [9.17, 15) is 9.18 Å². The number of carbonyl (C=O) groups is 1. The zero-order valence-electron chi connectivity index (χ0n) is 17.7. The molecule has 0 radical (unpaired) electrons. The van der Waals surface area contributed by atoms with E-state index < -0.39 is 0 Å². The Kier molecular flexibility index (Phi) is 5.35. The fourth-order valence-electron chi connectivity index (χ4n) is 6.26. The molecule has 2 bridgehead atoms. The predicted molar refractivity (Wildman–Crippen MR) is 112 cm³/mol. The summed E-state index contributed by atoms with van der Waals surface area (Å²) in [5.41, 5.74) is 2.33. The van der Waals surface area contributed by atoms with Crippen LogP contribution < -0.4 is 5.32 Å². The van der Waals surface area contributed by atoms with Crippen LogP contribution in [0.2, 0.25) is 0 Å². The molecule has 3 fully saturated rings. The zero-order chi connectivity index (χ0) is 20.7. The number of hydrogen-bond donors (Lipinski definition) is 1.